The van der Waals surface area contributed by atoms with E-state index in [-0.39, 0.29) is 18.6 Å². The molecule has 0 aromatic carbocycles. The molecule has 0 aliphatic carbocycles. The molecule has 0 unspecified atom stereocenters. The van der Waals surface area contributed by atoms with E-state index in [0.717, 1.165) is 50.6 Å². The second kappa shape index (κ2) is 10.7. The van der Waals surface area contributed by atoms with Crippen molar-refractivity contribution in [2.24, 2.45) is 5.92 Å². The van der Waals surface area contributed by atoms with Crippen LogP contribution >= 0.6 is 0 Å². The number of ether oxygens (including phenoxy) is 1. The molecule has 0 bridgehead atoms. The van der Waals surface area contributed by atoms with Crippen molar-refractivity contribution in [2.75, 3.05) is 36.5 Å². The summed E-state index contributed by atoms with van der Waals surface area (Å²) in [5.74, 6) is 2.15. The lowest BCUT2D eigenvalue weighted by Gasteiger charge is -2.30. The van der Waals surface area contributed by atoms with Gasteiger partial charge in [-0.05, 0) is 37.0 Å². The van der Waals surface area contributed by atoms with Crippen LogP contribution in [-0.4, -0.2) is 70.1 Å². The maximum absolute atomic E-state index is 9.68. The fourth-order valence-electron chi connectivity index (χ4n) is 3.66. The standard InChI is InChI=1S/C19H25N5O2.CH2O2/c25-16-3-7-24(8-4-16)19-10-18(21-13-22-19)23-17-12-26-11-15(17)9-14-1-5-20-6-2-14;2-1-3/h1-2,5-6,10,13,15-17,25H,3-4,7-9,11-12H2,(H,21,22,23);1H,(H,2,3)/t15-,17-;/m1./s1. The predicted molar refractivity (Wildman–Crippen MR) is 108 cm³/mol. The minimum Gasteiger partial charge on any atom is -0.483 e. The zero-order valence-corrected chi connectivity index (χ0v) is 16.2. The third-order valence-electron chi connectivity index (χ3n) is 5.22. The minimum absolute atomic E-state index is 0.185. The number of carboxylic acid groups (broad SMARTS) is 1. The Morgan fingerprint density at radius 1 is 1.21 bits per heavy atom. The van der Waals surface area contributed by atoms with Crippen LogP contribution in [0, 0.1) is 5.92 Å². The Morgan fingerprint density at radius 3 is 2.66 bits per heavy atom. The van der Waals surface area contributed by atoms with E-state index in [4.69, 9.17) is 14.6 Å². The van der Waals surface area contributed by atoms with E-state index in [1.165, 1.54) is 5.56 Å². The molecule has 0 saturated carbocycles. The van der Waals surface area contributed by atoms with Crippen molar-refractivity contribution in [1.29, 1.82) is 0 Å². The van der Waals surface area contributed by atoms with Gasteiger partial charge in [0.25, 0.3) is 6.47 Å². The summed E-state index contributed by atoms with van der Waals surface area (Å²) in [7, 11) is 0. The SMILES string of the molecule is O=CO.OC1CCN(c2cc(N[C@@H]3COC[C@H]3Cc3ccncc3)ncn2)CC1. The molecule has 156 valence electrons. The molecule has 0 spiro atoms. The van der Waals surface area contributed by atoms with Crippen molar-refractivity contribution in [3.8, 4) is 0 Å². The molecule has 2 aromatic heterocycles. The molecular weight excluding hydrogens is 374 g/mol. The average Bonchev–Trinajstić information content (AvgIpc) is 3.16. The first kappa shape index (κ1) is 20.9. The fourth-order valence-corrected chi connectivity index (χ4v) is 3.66. The van der Waals surface area contributed by atoms with Crippen molar-refractivity contribution in [3.63, 3.8) is 0 Å². The molecule has 2 fully saturated rings. The number of aliphatic hydroxyl groups is 1. The number of hydrogen-bond donors (Lipinski definition) is 3. The van der Waals surface area contributed by atoms with Gasteiger partial charge in [0, 0.05) is 37.5 Å². The first-order chi connectivity index (χ1) is 14.2. The van der Waals surface area contributed by atoms with E-state index >= 15 is 0 Å². The van der Waals surface area contributed by atoms with Crippen molar-refractivity contribution in [3.05, 3.63) is 42.5 Å². The summed E-state index contributed by atoms with van der Waals surface area (Å²) in [6.45, 7) is 2.84. The molecule has 2 aliphatic heterocycles. The number of aromatic nitrogens is 3. The number of piperidine rings is 1. The van der Waals surface area contributed by atoms with Crippen molar-refractivity contribution in [2.45, 2.75) is 31.4 Å². The Kier molecular flexibility index (Phi) is 7.71. The second-order valence-electron chi connectivity index (χ2n) is 7.19. The summed E-state index contributed by atoms with van der Waals surface area (Å²) in [5, 5.41) is 20.1. The maximum atomic E-state index is 9.68. The average molecular weight is 401 g/mol. The Bertz CT molecular complexity index is 756. The summed E-state index contributed by atoms with van der Waals surface area (Å²) in [5.41, 5.74) is 1.28. The Morgan fingerprint density at radius 2 is 1.93 bits per heavy atom. The van der Waals surface area contributed by atoms with Crippen LogP contribution in [0.1, 0.15) is 18.4 Å². The summed E-state index contributed by atoms with van der Waals surface area (Å²) in [6.07, 6.45) is 7.63. The van der Waals surface area contributed by atoms with Gasteiger partial charge in [0.05, 0.1) is 25.4 Å². The van der Waals surface area contributed by atoms with E-state index < -0.39 is 0 Å². The highest BCUT2D eigenvalue weighted by atomic mass is 16.5. The topological polar surface area (TPSA) is 121 Å². The summed E-state index contributed by atoms with van der Waals surface area (Å²) >= 11 is 0. The van der Waals surface area contributed by atoms with Gasteiger partial charge in [0.15, 0.2) is 0 Å². The predicted octanol–water partition coefficient (Wildman–Crippen LogP) is 1.20. The number of nitrogens with one attached hydrogen (secondary N) is 1. The van der Waals surface area contributed by atoms with Gasteiger partial charge in [-0.2, -0.15) is 0 Å². The van der Waals surface area contributed by atoms with Crippen molar-refractivity contribution in [1.82, 2.24) is 15.0 Å². The second-order valence-corrected chi connectivity index (χ2v) is 7.19. The van der Waals surface area contributed by atoms with Gasteiger partial charge in [-0.15, -0.1) is 0 Å². The van der Waals surface area contributed by atoms with Crippen LogP contribution in [0.3, 0.4) is 0 Å². The number of carbonyl (C=O) groups is 1. The lowest BCUT2D eigenvalue weighted by molar-refractivity contribution is -0.122. The molecule has 4 heterocycles. The van der Waals surface area contributed by atoms with Gasteiger partial charge in [-0.1, -0.05) is 0 Å². The summed E-state index contributed by atoms with van der Waals surface area (Å²) in [4.78, 5) is 23.4. The monoisotopic (exact) mass is 401 g/mol. The summed E-state index contributed by atoms with van der Waals surface area (Å²) in [6, 6.07) is 6.35. The molecular formula is C20H27N5O4. The van der Waals surface area contributed by atoms with Crippen molar-refractivity contribution >= 4 is 18.1 Å². The smallest absolute Gasteiger partial charge is 0.290 e. The third kappa shape index (κ3) is 6.10. The fraction of sp³-hybridized carbons (Fsp3) is 0.500. The van der Waals surface area contributed by atoms with Gasteiger partial charge in [-0.25, -0.2) is 9.97 Å². The molecule has 29 heavy (non-hydrogen) atoms. The molecule has 3 N–H and O–H groups in total. The van der Waals surface area contributed by atoms with Crippen LogP contribution in [0.15, 0.2) is 36.9 Å². The molecule has 2 atom stereocenters. The lowest BCUT2D eigenvalue weighted by atomic mass is 9.95. The Balaban J connectivity index is 0.000000755. The van der Waals surface area contributed by atoms with Crippen LogP contribution in [0.4, 0.5) is 11.6 Å². The van der Waals surface area contributed by atoms with Gasteiger partial charge in [0.1, 0.15) is 18.0 Å². The van der Waals surface area contributed by atoms with Gasteiger partial charge in [-0.3, -0.25) is 9.78 Å². The van der Waals surface area contributed by atoms with Crippen LogP contribution in [0.25, 0.3) is 0 Å². The van der Waals surface area contributed by atoms with Crippen LogP contribution in [0.2, 0.25) is 0 Å². The summed E-state index contributed by atoms with van der Waals surface area (Å²) < 4.78 is 5.71. The lowest BCUT2D eigenvalue weighted by Crippen LogP contribution is -2.36. The van der Waals surface area contributed by atoms with E-state index in [9.17, 15) is 5.11 Å². The number of rotatable bonds is 5. The maximum Gasteiger partial charge on any atom is 0.290 e. The van der Waals surface area contributed by atoms with E-state index in [1.54, 1.807) is 6.33 Å². The molecule has 2 aromatic rings. The van der Waals surface area contributed by atoms with E-state index in [2.05, 4.69) is 37.3 Å². The molecule has 2 saturated heterocycles. The normalized spacial score (nSPS) is 21.9. The van der Waals surface area contributed by atoms with Gasteiger partial charge in [0.2, 0.25) is 0 Å². The molecule has 9 heteroatoms. The number of anilines is 2. The molecule has 0 amide bonds. The van der Waals surface area contributed by atoms with E-state index in [0.29, 0.717) is 12.5 Å². The zero-order valence-electron chi connectivity index (χ0n) is 16.2. The van der Waals surface area contributed by atoms with Crippen LogP contribution in [0.5, 0.6) is 0 Å². The number of nitrogens with zero attached hydrogens (tertiary/aromatic N) is 4. The minimum atomic E-state index is -0.250. The number of hydrogen-bond acceptors (Lipinski definition) is 8. The van der Waals surface area contributed by atoms with Crippen LogP contribution < -0.4 is 10.2 Å². The molecule has 0 radical (unpaired) electrons. The van der Waals surface area contributed by atoms with Crippen LogP contribution in [-0.2, 0) is 16.0 Å². The highest BCUT2D eigenvalue weighted by Crippen LogP contribution is 2.24. The molecule has 4 rings (SSSR count). The quantitative estimate of drug-likeness (QED) is 0.635. The third-order valence-corrected chi connectivity index (χ3v) is 5.22. The first-order valence-corrected chi connectivity index (χ1v) is 9.75. The highest BCUT2D eigenvalue weighted by Gasteiger charge is 2.29. The molecule has 2 aliphatic rings. The van der Waals surface area contributed by atoms with Gasteiger partial charge < -0.3 is 25.2 Å². The Labute approximate surface area is 169 Å². The van der Waals surface area contributed by atoms with Gasteiger partial charge >= 0.3 is 0 Å². The highest BCUT2D eigenvalue weighted by molar-refractivity contribution is 5.49. The largest absolute Gasteiger partial charge is 0.483 e. The molecule has 9 nitrogen and oxygen atoms in total. The number of pyridine rings is 1. The zero-order chi connectivity index (χ0) is 20.5. The Hall–Kier alpha value is -2.78. The number of aliphatic hydroxyl groups excluding tert-OH is 1. The van der Waals surface area contributed by atoms with E-state index in [1.807, 2.05) is 18.5 Å². The first-order valence-electron chi connectivity index (χ1n) is 9.75. The van der Waals surface area contributed by atoms with Crippen molar-refractivity contribution < 1.29 is 19.7 Å².